The Balaban J connectivity index is 2.06. The molecule has 0 saturated heterocycles. The lowest BCUT2D eigenvalue weighted by molar-refractivity contribution is -0.142. The number of carbonyl (C=O) groups excluding carboxylic acids is 2. The van der Waals surface area contributed by atoms with E-state index >= 15 is 0 Å². The highest BCUT2D eigenvalue weighted by atomic mass is 19.2. The highest BCUT2D eigenvalue weighted by Gasteiger charge is 2.16. The van der Waals surface area contributed by atoms with Gasteiger partial charge in [-0.2, -0.15) is 0 Å². The summed E-state index contributed by atoms with van der Waals surface area (Å²) in [7, 11) is 1.23. The molecule has 0 aliphatic heterocycles. The molecule has 0 bridgehead atoms. The molecule has 0 atom stereocenters. The first kappa shape index (κ1) is 23.1. The van der Waals surface area contributed by atoms with Gasteiger partial charge in [0.05, 0.1) is 13.7 Å². The minimum atomic E-state index is -1.55. The minimum Gasteiger partial charge on any atom is -0.492 e. The zero-order valence-corrected chi connectivity index (χ0v) is 17.5. The van der Waals surface area contributed by atoms with E-state index in [1.54, 1.807) is 37.3 Å². The molecule has 0 aliphatic carbocycles. The van der Waals surface area contributed by atoms with Crippen molar-refractivity contribution in [2.75, 3.05) is 20.3 Å². The Bertz CT molecular complexity index is 1140. The van der Waals surface area contributed by atoms with Gasteiger partial charge in [-0.05, 0) is 52.9 Å². The van der Waals surface area contributed by atoms with Crippen LogP contribution < -0.4 is 9.47 Å². The van der Waals surface area contributed by atoms with Gasteiger partial charge in [-0.3, -0.25) is 4.79 Å². The zero-order valence-electron chi connectivity index (χ0n) is 17.5. The molecular formula is C24H21F3O5. The molecule has 0 aliphatic rings. The van der Waals surface area contributed by atoms with Gasteiger partial charge >= 0.3 is 5.97 Å². The summed E-state index contributed by atoms with van der Waals surface area (Å²) in [5, 5.41) is 1.08. The molecule has 3 rings (SSSR count). The van der Waals surface area contributed by atoms with E-state index in [1.807, 2.05) is 0 Å². The fourth-order valence-corrected chi connectivity index (χ4v) is 3.13. The number of hydrogen-bond acceptors (Lipinski definition) is 5. The molecule has 0 saturated carbocycles. The molecule has 5 nitrogen and oxygen atoms in total. The molecule has 0 N–H and O–H groups in total. The van der Waals surface area contributed by atoms with Crippen molar-refractivity contribution in [3.63, 3.8) is 0 Å². The van der Waals surface area contributed by atoms with Crippen LogP contribution in [0, 0.1) is 17.5 Å². The van der Waals surface area contributed by atoms with Crippen LogP contribution in [-0.4, -0.2) is 32.1 Å². The van der Waals surface area contributed by atoms with Crippen molar-refractivity contribution in [3.8, 4) is 22.6 Å². The standard InChI is InChI=1S/C24H21F3O5/c1-3-15(28)8-9-31-22-7-6-17(14-10-20(25)24(27)21(26)11-14)19-12-16(4-5-18(19)22)32-13-23(29)30-2/h4-7,10-12H,3,8-9,13H2,1-2H3. The van der Waals surface area contributed by atoms with Crippen LogP contribution in [0.4, 0.5) is 13.2 Å². The number of rotatable bonds is 9. The zero-order chi connectivity index (χ0) is 23.3. The summed E-state index contributed by atoms with van der Waals surface area (Å²) in [4.78, 5) is 22.9. The minimum absolute atomic E-state index is 0.0571. The van der Waals surface area contributed by atoms with Gasteiger partial charge in [0, 0.05) is 18.2 Å². The number of Topliss-reactive ketones (excluding diaryl/α,β-unsaturated/α-hetero) is 1. The Hall–Kier alpha value is -3.55. The maximum Gasteiger partial charge on any atom is 0.343 e. The quantitative estimate of drug-likeness (QED) is 0.333. The molecule has 0 heterocycles. The lowest BCUT2D eigenvalue weighted by Crippen LogP contribution is -2.12. The summed E-state index contributed by atoms with van der Waals surface area (Å²) >= 11 is 0. The normalized spacial score (nSPS) is 10.8. The van der Waals surface area contributed by atoms with E-state index in [9.17, 15) is 22.8 Å². The number of esters is 1. The van der Waals surface area contributed by atoms with Crippen LogP contribution in [-0.2, 0) is 14.3 Å². The van der Waals surface area contributed by atoms with E-state index in [0.717, 1.165) is 12.1 Å². The molecule has 168 valence electrons. The topological polar surface area (TPSA) is 61.8 Å². The smallest absolute Gasteiger partial charge is 0.343 e. The number of fused-ring (bicyclic) bond motifs is 1. The van der Waals surface area contributed by atoms with Crippen LogP contribution >= 0.6 is 0 Å². The molecular weight excluding hydrogens is 425 g/mol. The van der Waals surface area contributed by atoms with Crippen LogP contribution in [0.3, 0.4) is 0 Å². The number of hydrogen-bond donors (Lipinski definition) is 0. The average Bonchev–Trinajstić information content (AvgIpc) is 2.80. The molecule has 0 unspecified atom stereocenters. The lowest BCUT2D eigenvalue weighted by Gasteiger charge is -2.15. The Kier molecular flexibility index (Phi) is 7.35. The van der Waals surface area contributed by atoms with E-state index in [1.165, 1.54) is 7.11 Å². The molecule has 3 aromatic rings. The Morgan fingerprint density at radius 2 is 1.62 bits per heavy atom. The first-order chi connectivity index (χ1) is 15.3. The second kappa shape index (κ2) is 10.2. The monoisotopic (exact) mass is 446 g/mol. The molecule has 32 heavy (non-hydrogen) atoms. The largest absolute Gasteiger partial charge is 0.492 e. The van der Waals surface area contributed by atoms with Crippen molar-refractivity contribution in [1.29, 1.82) is 0 Å². The Morgan fingerprint density at radius 1 is 0.906 bits per heavy atom. The third kappa shape index (κ3) is 5.19. The number of halogens is 3. The molecule has 0 radical (unpaired) electrons. The number of ether oxygens (including phenoxy) is 3. The third-order valence-electron chi connectivity index (χ3n) is 4.86. The molecule has 0 spiro atoms. The summed E-state index contributed by atoms with van der Waals surface area (Å²) in [6.07, 6.45) is 0.653. The maximum atomic E-state index is 13.9. The van der Waals surface area contributed by atoms with Crippen molar-refractivity contribution in [2.45, 2.75) is 19.8 Å². The van der Waals surface area contributed by atoms with Crippen LogP contribution in [0.1, 0.15) is 19.8 Å². The van der Waals surface area contributed by atoms with Gasteiger partial charge in [0.1, 0.15) is 17.3 Å². The summed E-state index contributed by atoms with van der Waals surface area (Å²) in [6.45, 7) is 1.61. The molecule has 0 fully saturated rings. The number of ketones is 1. The van der Waals surface area contributed by atoms with E-state index in [0.29, 0.717) is 34.3 Å². The van der Waals surface area contributed by atoms with Gasteiger partial charge in [-0.25, -0.2) is 18.0 Å². The van der Waals surface area contributed by atoms with Gasteiger partial charge in [-0.1, -0.05) is 13.0 Å². The molecule has 8 heteroatoms. The van der Waals surface area contributed by atoms with Crippen molar-refractivity contribution in [2.24, 2.45) is 0 Å². The fraction of sp³-hybridized carbons (Fsp3) is 0.250. The van der Waals surface area contributed by atoms with Gasteiger partial charge in [0.25, 0.3) is 0 Å². The summed E-state index contributed by atoms with van der Waals surface area (Å²) < 4.78 is 56.9. The fourth-order valence-electron chi connectivity index (χ4n) is 3.13. The predicted molar refractivity (Wildman–Crippen MR) is 112 cm³/mol. The summed E-state index contributed by atoms with van der Waals surface area (Å²) in [6, 6.07) is 9.84. The van der Waals surface area contributed by atoms with Gasteiger partial charge in [0.2, 0.25) is 0 Å². The Morgan fingerprint density at radius 3 is 2.28 bits per heavy atom. The second-order valence-corrected chi connectivity index (χ2v) is 6.93. The molecule has 0 aromatic heterocycles. The van der Waals surface area contributed by atoms with Gasteiger partial charge in [-0.15, -0.1) is 0 Å². The molecule has 0 amide bonds. The van der Waals surface area contributed by atoms with E-state index in [4.69, 9.17) is 9.47 Å². The van der Waals surface area contributed by atoms with Crippen molar-refractivity contribution in [1.82, 2.24) is 0 Å². The lowest BCUT2D eigenvalue weighted by atomic mass is 9.97. The van der Waals surface area contributed by atoms with Gasteiger partial charge < -0.3 is 14.2 Å². The SMILES string of the molecule is CCC(=O)CCOc1ccc(-c2cc(F)c(F)c(F)c2)c2cc(OCC(=O)OC)ccc12. The van der Waals surface area contributed by atoms with Crippen LogP contribution in [0.25, 0.3) is 21.9 Å². The first-order valence-electron chi connectivity index (χ1n) is 9.89. The highest BCUT2D eigenvalue weighted by molar-refractivity contribution is 6.01. The predicted octanol–water partition coefficient (Wildman–Crippen LogP) is 5.22. The summed E-state index contributed by atoms with van der Waals surface area (Å²) in [5.74, 6) is -3.94. The van der Waals surface area contributed by atoms with Gasteiger partial charge in [0.15, 0.2) is 24.1 Å². The Labute approximate surface area is 182 Å². The van der Waals surface area contributed by atoms with Crippen molar-refractivity contribution < 1.29 is 37.0 Å². The third-order valence-corrected chi connectivity index (χ3v) is 4.86. The average molecular weight is 446 g/mol. The van der Waals surface area contributed by atoms with E-state index in [-0.39, 0.29) is 31.0 Å². The highest BCUT2D eigenvalue weighted by Crippen LogP contribution is 2.37. The number of methoxy groups -OCH3 is 1. The number of carbonyl (C=O) groups is 2. The van der Waals surface area contributed by atoms with Crippen LogP contribution in [0.5, 0.6) is 11.5 Å². The maximum absolute atomic E-state index is 13.9. The molecule has 3 aromatic carbocycles. The van der Waals surface area contributed by atoms with Crippen molar-refractivity contribution >= 4 is 22.5 Å². The van der Waals surface area contributed by atoms with Crippen LogP contribution in [0.2, 0.25) is 0 Å². The van der Waals surface area contributed by atoms with Crippen LogP contribution in [0.15, 0.2) is 42.5 Å². The van der Waals surface area contributed by atoms with Crippen molar-refractivity contribution in [3.05, 3.63) is 59.9 Å². The number of benzene rings is 3. The summed E-state index contributed by atoms with van der Waals surface area (Å²) in [5.41, 5.74) is 0.516. The van der Waals surface area contributed by atoms with E-state index < -0.39 is 23.4 Å². The second-order valence-electron chi connectivity index (χ2n) is 6.93. The van der Waals surface area contributed by atoms with E-state index in [2.05, 4.69) is 4.74 Å². The first-order valence-corrected chi connectivity index (χ1v) is 9.89.